The molecule has 0 radical (unpaired) electrons. The highest BCUT2D eigenvalue weighted by atomic mass is 35.5. The molecule has 13 heteroatoms. The highest BCUT2D eigenvalue weighted by molar-refractivity contribution is 6.35. The third-order valence-electron chi connectivity index (χ3n) is 5.80. The van der Waals surface area contributed by atoms with Gasteiger partial charge in [0.1, 0.15) is 0 Å². The second-order valence-corrected chi connectivity index (χ2v) is 9.93. The smallest absolute Gasteiger partial charge is 0.335 e. The maximum atomic E-state index is 12.7. The van der Waals surface area contributed by atoms with Gasteiger partial charge in [0, 0.05) is 24.7 Å². The minimum atomic E-state index is -2.27. The number of nitrogen functional groups attached to an aromatic ring is 1. The molecule has 0 spiro atoms. The lowest BCUT2D eigenvalue weighted by molar-refractivity contribution is -0.165. The number of pyridine rings is 1. The van der Waals surface area contributed by atoms with Crippen LogP contribution in [0, 0.1) is 5.92 Å². The number of aliphatic hydroxyl groups is 3. The number of anilines is 1. The number of carboxylic acid groups (broad SMARTS) is 2. The Labute approximate surface area is 218 Å². The third-order valence-corrected chi connectivity index (χ3v) is 6.11. The SMILES string of the molecule is CC(C)(O)CN1CCC(CNC(=O)c2cc(Cl)c(N)c3cccnc23)CC1.O=C(O)[C@H](O)[C@@H](O)C(=O)O. The number of likely N-dealkylation sites (tertiary alicyclic amines) is 1. The van der Waals surface area contributed by atoms with Crippen LogP contribution in [-0.4, -0.2) is 97.3 Å². The molecule has 0 saturated carbocycles. The van der Waals surface area contributed by atoms with E-state index in [-0.39, 0.29) is 5.91 Å². The first-order valence-corrected chi connectivity index (χ1v) is 12.0. The topological polar surface area (TPSA) is 207 Å². The lowest BCUT2D eigenvalue weighted by Gasteiger charge is -2.35. The molecule has 12 nitrogen and oxygen atoms in total. The van der Waals surface area contributed by atoms with E-state index in [0.29, 0.717) is 46.2 Å². The third kappa shape index (κ3) is 8.79. The fourth-order valence-corrected chi connectivity index (χ4v) is 4.12. The van der Waals surface area contributed by atoms with E-state index in [4.69, 9.17) is 37.8 Å². The quantitative estimate of drug-likeness (QED) is 0.230. The molecule has 8 N–H and O–H groups in total. The van der Waals surface area contributed by atoms with Gasteiger partial charge in [-0.2, -0.15) is 0 Å². The average Bonchev–Trinajstić information content (AvgIpc) is 2.84. The fraction of sp³-hybridized carbons (Fsp3) is 0.500. The van der Waals surface area contributed by atoms with Crippen LogP contribution in [0.4, 0.5) is 5.69 Å². The maximum absolute atomic E-state index is 12.7. The lowest BCUT2D eigenvalue weighted by Crippen LogP contribution is -2.44. The first-order valence-electron chi connectivity index (χ1n) is 11.6. The number of carboxylic acids is 2. The summed E-state index contributed by atoms with van der Waals surface area (Å²) in [6, 6.07) is 5.18. The molecule has 1 aliphatic rings. The van der Waals surface area contributed by atoms with Crippen LogP contribution >= 0.6 is 11.6 Å². The van der Waals surface area contributed by atoms with E-state index in [1.807, 2.05) is 19.9 Å². The number of halogens is 1. The number of nitrogens with one attached hydrogen (secondary N) is 1. The van der Waals surface area contributed by atoms with Crippen LogP contribution < -0.4 is 11.1 Å². The number of nitrogens with two attached hydrogens (primary N) is 1. The summed E-state index contributed by atoms with van der Waals surface area (Å²) in [5, 5.41) is 46.5. The van der Waals surface area contributed by atoms with E-state index in [9.17, 15) is 19.5 Å². The molecule has 1 amide bonds. The second kappa shape index (κ2) is 13.0. The molecule has 204 valence electrons. The molecule has 0 bridgehead atoms. The van der Waals surface area contributed by atoms with Gasteiger partial charge in [-0.25, -0.2) is 9.59 Å². The first-order chi connectivity index (χ1) is 17.2. The van der Waals surface area contributed by atoms with Gasteiger partial charge in [0.2, 0.25) is 0 Å². The van der Waals surface area contributed by atoms with Gasteiger partial charge in [-0.15, -0.1) is 0 Å². The number of carbonyl (C=O) groups excluding carboxylic acids is 1. The van der Waals surface area contributed by atoms with Crippen molar-refractivity contribution in [2.24, 2.45) is 5.92 Å². The summed E-state index contributed by atoms with van der Waals surface area (Å²) in [5.41, 5.74) is 6.79. The van der Waals surface area contributed by atoms with Crippen molar-refractivity contribution in [2.75, 3.05) is 31.9 Å². The minimum Gasteiger partial charge on any atom is -0.479 e. The number of aromatic nitrogens is 1. The molecular weight excluding hydrogens is 508 g/mol. The summed E-state index contributed by atoms with van der Waals surface area (Å²) in [7, 11) is 0. The van der Waals surface area contributed by atoms with Crippen molar-refractivity contribution in [3.8, 4) is 0 Å². The lowest BCUT2D eigenvalue weighted by atomic mass is 9.95. The Balaban J connectivity index is 0.000000410. The molecular formula is C24H33ClN4O8. The van der Waals surface area contributed by atoms with Gasteiger partial charge < -0.3 is 41.5 Å². The van der Waals surface area contributed by atoms with E-state index in [2.05, 4.69) is 15.2 Å². The average molecular weight is 541 g/mol. The number of fused-ring (bicyclic) bond motifs is 1. The monoisotopic (exact) mass is 540 g/mol. The number of aliphatic carboxylic acids is 2. The number of nitrogens with zero attached hydrogens (tertiary/aromatic N) is 2. The summed E-state index contributed by atoms with van der Waals surface area (Å²) >= 11 is 6.20. The number of β-amino-alcohol motifs (C(OH)–C–C–N with tert-alkyl or cyclic N) is 1. The van der Waals surface area contributed by atoms with Gasteiger partial charge in [0.25, 0.3) is 5.91 Å². The molecule has 1 fully saturated rings. The number of benzene rings is 1. The van der Waals surface area contributed by atoms with Crippen molar-refractivity contribution in [3.05, 3.63) is 35.0 Å². The molecule has 0 aliphatic carbocycles. The Bertz CT molecular complexity index is 1100. The van der Waals surface area contributed by atoms with Crippen LogP contribution in [0.3, 0.4) is 0 Å². The molecule has 1 aliphatic heterocycles. The number of hydrogen-bond acceptors (Lipinski definition) is 9. The van der Waals surface area contributed by atoms with Crippen molar-refractivity contribution in [2.45, 2.75) is 44.5 Å². The van der Waals surface area contributed by atoms with Crippen molar-refractivity contribution in [1.29, 1.82) is 0 Å². The number of carbonyl (C=O) groups is 3. The largest absolute Gasteiger partial charge is 0.479 e. The minimum absolute atomic E-state index is 0.181. The van der Waals surface area contributed by atoms with Crippen LogP contribution in [0.1, 0.15) is 37.0 Å². The van der Waals surface area contributed by atoms with E-state index >= 15 is 0 Å². The van der Waals surface area contributed by atoms with Gasteiger partial charge in [0.05, 0.1) is 27.4 Å². The molecule has 2 atom stereocenters. The highest BCUT2D eigenvalue weighted by Crippen LogP contribution is 2.30. The first kappa shape index (κ1) is 30.2. The molecule has 2 aromatic rings. The summed E-state index contributed by atoms with van der Waals surface area (Å²) in [6.07, 6.45) is -0.893. The Morgan fingerprint density at radius 2 is 1.76 bits per heavy atom. The number of piperidine rings is 1. The highest BCUT2D eigenvalue weighted by Gasteiger charge is 2.29. The second-order valence-electron chi connectivity index (χ2n) is 9.53. The number of aliphatic hydroxyl groups excluding tert-OH is 2. The normalized spacial score (nSPS) is 16.4. The Hall–Kier alpha value is -3.03. The van der Waals surface area contributed by atoms with Crippen molar-refractivity contribution in [3.63, 3.8) is 0 Å². The van der Waals surface area contributed by atoms with Gasteiger partial charge >= 0.3 is 11.9 Å². The Kier molecular flexibility index (Phi) is 10.6. The number of hydrogen-bond donors (Lipinski definition) is 7. The van der Waals surface area contributed by atoms with E-state index < -0.39 is 29.7 Å². The molecule has 1 aromatic carbocycles. The van der Waals surface area contributed by atoms with E-state index in [1.54, 1.807) is 18.3 Å². The zero-order valence-electron chi connectivity index (χ0n) is 20.6. The van der Waals surface area contributed by atoms with Crippen LogP contribution in [0.15, 0.2) is 24.4 Å². The summed E-state index contributed by atoms with van der Waals surface area (Å²) in [4.78, 5) is 38.9. The Morgan fingerprint density at radius 3 is 2.27 bits per heavy atom. The molecule has 1 aromatic heterocycles. The fourth-order valence-electron chi connectivity index (χ4n) is 3.91. The van der Waals surface area contributed by atoms with E-state index in [0.717, 1.165) is 25.9 Å². The zero-order valence-corrected chi connectivity index (χ0v) is 21.4. The van der Waals surface area contributed by atoms with Crippen molar-refractivity contribution < 1.29 is 39.9 Å². The zero-order chi connectivity index (χ0) is 27.9. The molecule has 1 saturated heterocycles. The van der Waals surface area contributed by atoms with Gasteiger partial charge in [-0.3, -0.25) is 9.78 Å². The van der Waals surface area contributed by atoms with Crippen molar-refractivity contribution >= 4 is 46.0 Å². The van der Waals surface area contributed by atoms with Crippen LogP contribution in [0.5, 0.6) is 0 Å². The molecule has 3 rings (SSSR count). The van der Waals surface area contributed by atoms with Crippen LogP contribution in [-0.2, 0) is 9.59 Å². The predicted molar refractivity (Wildman–Crippen MR) is 136 cm³/mol. The van der Waals surface area contributed by atoms with Gasteiger partial charge in [0.15, 0.2) is 12.2 Å². The Morgan fingerprint density at radius 1 is 1.19 bits per heavy atom. The summed E-state index contributed by atoms with van der Waals surface area (Å²) in [5.74, 6) is -3.29. The number of amides is 1. The van der Waals surface area contributed by atoms with Crippen LogP contribution in [0.25, 0.3) is 10.9 Å². The van der Waals surface area contributed by atoms with E-state index in [1.165, 1.54) is 0 Å². The molecule has 2 heterocycles. The van der Waals surface area contributed by atoms with Crippen LogP contribution in [0.2, 0.25) is 5.02 Å². The van der Waals surface area contributed by atoms with Gasteiger partial charge in [-0.05, 0) is 63.9 Å². The van der Waals surface area contributed by atoms with Crippen molar-refractivity contribution in [1.82, 2.24) is 15.2 Å². The standard InChI is InChI=1S/C20H27ClN4O2.C4H6O6/c1-20(2,27)12-25-8-5-13(6-9-25)11-24-19(26)15-10-16(21)17(22)14-4-3-7-23-18(14)15;5-1(3(7)8)2(6)4(9)10/h3-4,7,10,13,27H,5-6,8-9,11-12,22H2,1-2H3,(H,24,26);1-2,5-6H,(H,7,8)(H,9,10)/t;1-,2-/m.1/s1. The summed E-state index contributed by atoms with van der Waals surface area (Å²) in [6.45, 7) is 6.81. The number of rotatable bonds is 8. The predicted octanol–water partition coefficient (Wildman–Crippen LogP) is 0.561. The maximum Gasteiger partial charge on any atom is 0.335 e. The molecule has 0 unspecified atom stereocenters. The molecule has 37 heavy (non-hydrogen) atoms. The van der Waals surface area contributed by atoms with Gasteiger partial charge in [-0.1, -0.05) is 11.6 Å². The summed E-state index contributed by atoms with van der Waals surface area (Å²) < 4.78 is 0.